The number of morpholine rings is 1. The number of ether oxygens (including phenoxy) is 2. The van der Waals surface area contributed by atoms with Gasteiger partial charge >= 0.3 is 0 Å². The number of anilines is 3. The van der Waals surface area contributed by atoms with E-state index in [-0.39, 0.29) is 23.4 Å². The molecular weight excluding hydrogens is 601 g/mol. The Balaban J connectivity index is 1.18. The minimum atomic E-state index is -1.24. The molecule has 6 rings (SSSR count). The minimum Gasteiger partial charge on any atom is -0.378 e. The second-order valence-electron chi connectivity index (χ2n) is 13.0. The minimum absolute atomic E-state index is 0.0365. The van der Waals surface area contributed by atoms with Gasteiger partial charge < -0.3 is 34.9 Å². The molecule has 3 N–H and O–H groups in total. The summed E-state index contributed by atoms with van der Waals surface area (Å²) in [7, 11) is -1.24. The van der Waals surface area contributed by atoms with E-state index in [0.717, 1.165) is 60.2 Å². The average Bonchev–Trinajstić information content (AvgIpc) is 3.73. The molecule has 0 radical (unpaired) electrons. The molecule has 0 saturated carbocycles. The van der Waals surface area contributed by atoms with Crippen molar-refractivity contribution >= 4 is 48.1 Å². The van der Waals surface area contributed by atoms with Crippen LogP contribution >= 0.6 is 0 Å². The van der Waals surface area contributed by atoms with Gasteiger partial charge in [-0.1, -0.05) is 31.8 Å². The molecule has 5 heterocycles. The fourth-order valence-electron chi connectivity index (χ4n) is 5.63. The Morgan fingerprint density at radius 3 is 2.50 bits per heavy atom. The van der Waals surface area contributed by atoms with Crippen LogP contribution in [0.15, 0.2) is 55.0 Å². The lowest BCUT2D eigenvalue weighted by molar-refractivity contribution is -0.119. The second kappa shape index (κ2) is 14.1. The summed E-state index contributed by atoms with van der Waals surface area (Å²) in [6.07, 6.45) is 3.95. The number of rotatable bonds is 11. The van der Waals surface area contributed by atoms with Gasteiger partial charge in [-0.3, -0.25) is 9.59 Å². The molecule has 4 aromatic rings. The predicted octanol–water partition coefficient (Wildman–Crippen LogP) is 4.44. The lowest BCUT2D eigenvalue weighted by Gasteiger charge is -2.28. The molecule has 0 unspecified atom stereocenters. The van der Waals surface area contributed by atoms with E-state index >= 15 is 0 Å². The van der Waals surface area contributed by atoms with Crippen LogP contribution in [-0.4, -0.2) is 85.4 Å². The molecule has 12 nitrogen and oxygen atoms in total. The summed E-state index contributed by atoms with van der Waals surface area (Å²) < 4.78 is 13.9. The summed E-state index contributed by atoms with van der Waals surface area (Å²) in [5, 5.41) is 9.97. The molecule has 2 aliphatic rings. The molecule has 2 amide bonds. The Kier molecular flexibility index (Phi) is 9.73. The van der Waals surface area contributed by atoms with Gasteiger partial charge in [0, 0.05) is 40.0 Å². The Hall–Kier alpha value is -4.17. The predicted molar refractivity (Wildman–Crippen MR) is 182 cm³/mol. The van der Waals surface area contributed by atoms with Crippen LogP contribution in [0.3, 0.4) is 0 Å². The van der Waals surface area contributed by atoms with Crippen LogP contribution in [0.4, 0.5) is 17.2 Å². The van der Waals surface area contributed by atoms with Gasteiger partial charge in [-0.05, 0) is 54.9 Å². The lowest BCUT2D eigenvalue weighted by atomic mass is 10.1. The van der Waals surface area contributed by atoms with Gasteiger partial charge in [-0.15, -0.1) is 0 Å². The second-order valence-corrected chi connectivity index (χ2v) is 18.6. The van der Waals surface area contributed by atoms with Crippen molar-refractivity contribution in [2.45, 2.75) is 38.8 Å². The zero-order valence-electron chi connectivity index (χ0n) is 26.7. The molecule has 0 spiro atoms. The molecule has 3 aromatic heterocycles. The summed E-state index contributed by atoms with van der Waals surface area (Å²) in [4.78, 5) is 41.2. The third kappa shape index (κ3) is 7.61. The summed E-state index contributed by atoms with van der Waals surface area (Å²) >= 11 is 0. The van der Waals surface area contributed by atoms with E-state index in [4.69, 9.17) is 9.47 Å². The third-order valence-electron chi connectivity index (χ3n) is 8.33. The standard InChI is InChI=1S/C33H42N8O4Si/c1-46(2,3)17-16-45-22-41-29(18-27-30(36-21-37-31(27)41)40-12-14-44-15-13-40)23-4-6-25(7-5-23)38-33(43)28-9-8-26(20-35-28)39-32(42)24-10-11-34-19-24/h4-9,18,20-21,24,34H,10-17,19,22H2,1-3H3,(H,38,43)(H,39,42)/t24-/m0/s1. The first kappa shape index (κ1) is 31.8. The van der Waals surface area contributed by atoms with Gasteiger partial charge in [-0.25, -0.2) is 15.0 Å². The first-order valence-corrected chi connectivity index (χ1v) is 19.6. The molecule has 0 bridgehead atoms. The number of amides is 2. The van der Waals surface area contributed by atoms with Crippen LogP contribution in [0.5, 0.6) is 0 Å². The number of hydrogen-bond acceptors (Lipinski definition) is 9. The van der Waals surface area contributed by atoms with Crippen molar-refractivity contribution in [3.63, 3.8) is 0 Å². The van der Waals surface area contributed by atoms with Crippen molar-refractivity contribution in [2.24, 2.45) is 5.92 Å². The largest absolute Gasteiger partial charge is 0.378 e. The quantitative estimate of drug-likeness (QED) is 0.160. The monoisotopic (exact) mass is 642 g/mol. The van der Waals surface area contributed by atoms with Gasteiger partial charge in [0.1, 0.15) is 30.2 Å². The number of hydrogen-bond donors (Lipinski definition) is 3. The molecule has 2 fully saturated rings. The van der Waals surface area contributed by atoms with Crippen LogP contribution in [0.1, 0.15) is 16.9 Å². The highest BCUT2D eigenvalue weighted by Gasteiger charge is 2.23. The van der Waals surface area contributed by atoms with Gasteiger partial charge in [0.2, 0.25) is 5.91 Å². The fourth-order valence-corrected chi connectivity index (χ4v) is 6.38. The van der Waals surface area contributed by atoms with Crippen LogP contribution in [0, 0.1) is 5.92 Å². The van der Waals surface area contributed by atoms with Crippen molar-refractivity contribution in [2.75, 3.05) is 61.5 Å². The number of carbonyl (C=O) groups excluding carboxylic acids is 2. The summed E-state index contributed by atoms with van der Waals surface area (Å²) in [5.41, 5.74) is 4.22. The van der Waals surface area contributed by atoms with E-state index in [1.54, 1.807) is 18.5 Å². The summed E-state index contributed by atoms with van der Waals surface area (Å²) in [5.74, 6) is 0.480. The zero-order chi connectivity index (χ0) is 32.1. The van der Waals surface area contributed by atoms with E-state index in [2.05, 4.69) is 66.1 Å². The van der Waals surface area contributed by atoms with Crippen molar-refractivity contribution < 1.29 is 19.1 Å². The van der Waals surface area contributed by atoms with Crippen molar-refractivity contribution in [1.82, 2.24) is 24.8 Å². The number of nitrogens with zero attached hydrogens (tertiary/aromatic N) is 5. The van der Waals surface area contributed by atoms with Crippen LogP contribution in [0.25, 0.3) is 22.3 Å². The van der Waals surface area contributed by atoms with Gasteiger partial charge in [0.25, 0.3) is 5.91 Å². The highest BCUT2D eigenvalue weighted by Crippen LogP contribution is 2.33. The van der Waals surface area contributed by atoms with E-state index in [1.807, 2.05) is 24.3 Å². The van der Waals surface area contributed by atoms with E-state index in [1.165, 1.54) is 6.20 Å². The Morgan fingerprint density at radius 2 is 1.80 bits per heavy atom. The smallest absolute Gasteiger partial charge is 0.274 e. The lowest BCUT2D eigenvalue weighted by Crippen LogP contribution is -2.36. The number of aromatic nitrogens is 4. The molecular formula is C33H42N8O4Si. The molecule has 13 heteroatoms. The molecule has 1 atom stereocenters. The molecule has 2 aliphatic heterocycles. The Morgan fingerprint density at radius 1 is 1.02 bits per heavy atom. The normalized spacial score (nSPS) is 16.9. The van der Waals surface area contributed by atoms with Crippen LogP contribution in [0.2, 0.25) is 25.7 Å². The van der Waals surface area contributed by atoms with E-state index < -0.39 is 8.07 Å². The molecule has 1 aromatic carbocycles. The first-order chi connectivity index (χ1) is 22.2. The van der Waals surface area contributed by atoms with Crippen molar-refractivity contribution in [3.05, 3.63) is 60.7 Å². The maximum atomic E-state index is 13.0. The highest BCUT2D eigenvalue weighted by atomic mass is 28.3. The Labute approximate surface area is 269 Å². The van der Waals surface area contributed by atoms with Gasteiger partial charge in [0.15, 0.2) is 0 Å². The highest BCUT2D eigenvalue weighted by molar-refractivity contribution is 6.76. The Bertz CT molecular complexity index is 1660. The van der Waals surface area contributed by atoms with Gasteiger partial charge in [-0.2, -0.15) is 0 Å². The molecule has 2 saturated heterocycles. The van der Waals surface area contributed by atoms with E-state index in [0.29, 0.717) is 44.5 Å². The molecule has 242 valence electrons. The average molecular weight is 643 g/mol. The van der Waals surface area contributed by atoms with Crippen molar-refractivity contribution in [3.8, 4) is 11.3 Å². The maximum absolute atomic E-state index is 13.0. The maximum Gasteiger partial charge on any atom is 0.274 e. The number of pyridine rings is 1. The summed E-state index contributed by atoms with van der Waals surface area (Å²) in [6.45, 7) is 12.5. The topological polar surface area (TPSA) is 136 Å². The summed E-state index contributed by atoms with van der Waals surface area (Å²) in [6, 6.07) is 14.2. The van der Waals surface area contributed by atoms with Crippen LogP contribution < -0.4 is 20.9 Å². The van der Waals surface area contributed by atoms with E-state index in [9.17, 15) is 9.59 Å². The fraction of sp³-hybridized carbons (Fsp3) is 0.424. The SMILES string of the molecule is C[Si](C)(C)CCOCn1c(-c2ccc(NC(=O)c3ccc(NC(=O)[C@H]4CCNC4)cn3)cc2)cc2c(N3CCOCC3)ncnc21. The molecule has 46 heavy (non-hydrogen) atoms. The van der Waals surface area contributed by atoms with Crippen molar-refractivity contribution in [1.29, 1.82) is 0 Å². The number of carbonyl (C=O) groups is 2. The molecule has 0 aliphatic carbocycles. The first-order valence-electron chi connectivity index (χ1n) is 15.9. The number of benzene rings is 1. The number of nitrogens with one attached hydrogen (secondary N) is 3. The third-order valence-corrected chi connectivity index (χ3v) is 10.0. The zero-order valence-corrected chi connectivity index (χ0v) is 27.7. The van der Waals surface area contributed by atoms with Gasteiger partial charge in [0.05, 0.1) is 42.1 Å². The van der Waals surface area contributed by atoms with Crippen LogP contribution in [-0.2, 0) is 21.0 Å². The number of fused-ring (bicyclic) bond motifs is 1.